The van der Waals surface area contributed by atoms with Crippen molar-refractivity contribution in [2.24, 2.45) is 11.1 Å². The molecule has 1 heterocycles. The zero-order valence-electron chi connectivity index (χ0n) is 11.7. The average Bonchev–Trinajstić information content (AvgIpc) is 2.34. The minimum absolute atomic E-state index is 0.315. The highest BCUT2D eigenvalue weighted by Gasteiger charge is 2.32. The van der Waals surface area contributed by atoms with Gasteiger partial charge in [-0.1, -0.05) is 20.8 Å². The number of fused-ring (bicyclic) bond motifs is 1. The van der Waals surface area contributed by atoms with Crippen LogP contribution in [0.25, 0.3) is 10.8 Å². The van der Waals surface area contributed by atoms with E-state index in [0.29, 0.717) is 10.9 Å². The maximum Gasteiger partial charge on any atom is 0.405 e. The summed E-state index contributed by atoms with van der Waals surface area (Å²) in [5, 5.41) is 1.53. The predicted octanol–water partition coefficient (Wildman–Crippen LogP) is 3.56. The third kappa shape index (κ3) is 2.87. The summed E-state index contributed by atoms with van der Waals surface area (Å²) in [5.41, 5.74) is 4.94. The van der Waals surface area contributed by atoms with Gasteiger partial charge in [-0.25, -0.2) is 9.18 Å². The molecule has 0 saturated heterocycles. The lowest BCUT2D eigenvalue weighted by molar-refractivity contribution is 0.0338. The van der Waals surface area contributed by atoms with Crippen LogP contribution in [-0.2, 0) is 4.74 Å². The summed E-state index contributed by atoms with van der Waals surface area (Å²) >= 11 is 0. The molecule has 106 valence electrons. The van der Waals surface area contributed by atoms with Crippen LogP contribution in [0.2, 0.25) is 0 Å². The summed E-state index contributed by atoms with van der Waals surface area (Å²) in [5.74, 6) is -0.438. The fourth-order valence-electron chi connectivity index (χ4n) is 2.15. The van der Waals surface area contributed by atoms with Gasteiger partial charge in [0, 0.05) is 28.8 Å². The third-order valence-electron chi connectivity index (χ3n) is 3.06. The summed E-state index contributed by atoms with van der Waals surface area (Å²) in [6.07, 6.45) is 1.55. The van der Waals surface area contributed by atoms with E-state index in [2.05, 4.69) is 4.98 Å². The van der Waals surface area contributed by atoms with Crippen molar-refractivity contribution in [3.8, 4) is 0 Å². The van der Waals surface area contributed by atoms with Crippen LogP contribution in [-0.4, -0.2) is 11.1 Å². The van der Waals surface area contributed by atoms with Gasteiger partial charge in [-0.15, -0.1) is 0 Å². The largest absolute Gasteiger partial charge is 0.441 e. The molecule has 0 bridgehead atoms. The van der Waals surface area contributed by atoms with Gasteiger partial charge in [0.15, 0.2) is 0 Å². The van der Waals surface area contributed by atoms with E-state index in [1.165, 1.54) is 6.07 Å². The van der Waals surface area contributed by atoms with Gasteiger partial charge in [-0.3, -0.25) is 4.98 Å². The summed E-state index contributed by atoms with van der Waals surface area (Å²) < 4.78 is 19.4. The molecule has 0 spiro atoms. The molecule has 1 amide bonds. The number of nitrogens with two attached hydrogens (primary N) is 1. The Balaban J connectivity index is 2.58. The first kappa shape index (κ1) is 14.2. The van der Waals surface area contributed by atoms with Crippen molar-refractivity contribution in [2.45, 2.75) is 26.9 Å². The topological polar surface area (TPSA) is 65.2 Å². The van der Waals surface area contributed by atoms with E-state index in [1.54, 1.807) is 24.5 Å². The normalized spacial score (nSPS) is 13.2. The second kappa shape index (κ2) is 5.07. The maximum absolute atomic E-state index is 14.3. The Kier molecular flexibility index (Phi) is 3.61. The van der Waals surface area contributed by atoms with Crippen molar-refractivity contribution < 1.29 is 13.9 Å². The fourth-order valence-corrected chi connectivity index (χ4v) is 2.15. The zero-order chi connectivity index (χ0) is 14.9. The number of carbonyl (C=O) groups excluding carboxylic acids is 1. The van der Waals surface area contributed by atoms with Gasteiger partial charge in [-0.05, 0) is 23.6 Å². The molecule has 0 aliphatic rings. The fraction of sp³-hybridized carbons (Fsp3) is 0.333. The number of pyridine rings is 1. The molecular weight excluding hydrogens is 259 g/mol. The number of benzene rings is 1. The molecule has 0 aliphatic carbocycles. The number of aromatic nitrogens is 1. The molecule has 0 radical (unpaired) electrons. The van der Waals surface area contributed by atoms with Crippen LogP contribution in [0.3, 0.4) is 0 Å². The van der Waals surface area contributed by atoms with Gasteiger partial charge in [-0.2, -0.15) is 0 Å². The van der Waals surface area contributed by atoms with Crippen LogP contribution in [0.15, 0.2) is 30.6 Å². The quantitative estimate of drug-likeness (QED) is 0.912. The SMILES string of the molecule is CC(C)(C)C(OC(N)=O)c1cc2ccncc2cc1F. The molecule has 2 aromatic rings. The minimum Gasteiger partial charge on any atom is -0.441 e. The number of ether oxygens (including phenoxy) is 1. The first-order chi connectivity index (χ1) is 9.29. The first-order valence-electron chi connectivity index (χ1n) is 6.28. The molecular formula is C15H17FN2O2. The number of rotatable bonds is 2. The first-order valence-corrected chi connectivity index (χ1v) is 6.28. The number of carbonyl (C=O) groups is 1. The van der Waals surface area contributed by atoms with Crippen molar-refractivity contribution in [1.82, 2.24) is 4.98 Å². The molecule has 20 heavy (non-hydrogen) atoms. The Hall–Kier alpha value is -2.17. The second-order valence-corrected chi connectivity index (χ2v) is 5.78. The molecule has 0 saturated carbocycles. The van der Waals surface area contributed by atoms with E-state index in [0.717, 1.165) is 5.39 Å². The lowest BCUT2D eigenvalue weighted by atomic mass is 9.84. The lowest BCUT2D eigenvalue weighted by Gasteiger charge is -2.30. The summed E-state index contributed by atoms with van der Waals surface area (Å²) in [4.78, 5) is 15.0. The molecule has 1 aromatic heterocycles. The monoisotopic (exact) mass is 276 g/mol. The van der Waals surface area contributed by atoms with E-state index in [4.69, 9.17) is 10.5 Å². The Morgan fingerprint density at radius 3 is 2.65 bits per heavy atom. The van der Waals surface area contributed by atoms with Crippen LogP contribution in [0.4, 0.5) is 9.18 Å². The predicted molar refractivity (Wildman–Crippen MR) is 74.6 cm³/mol. The van der Waals surface area contributed by atoms with Crippen LogP contribution in [0, 0.1) is 11.2 Å². The molecule has 0 fully saturated rings. The Morgan fingerprint density at radius 2 is 2.05 bits per heavy atom. The van der Waals surface area contributed by atoms with Crippen molar-refractivity contribution in [1.29, 1.82) is 0 Å². The number of hydrogen-bond donors (Lipinski definition) is 1. The van der Waals surface area contributed by atoms with Gasteiger partial charge >= 0.3 is 6.09 Å². The Labute approximate surface area is 116 Å². The number of nitrogens with zero attached hydrogens (tertiary/aromatic N) is 1. The van der Waals surface area contributed by atoms with E-state index in [-0.39, 0.29) is 0 Å². The second-order valence-electron chi connectivity index (χ2n) is 5.78. The highest BCUT2D eigenvalue weighted by Crippen LogP contribution is 2.38. The van der Waals surface area contributed by atoms with E-state index >= 15 is 0 Å². The molecule has 5 heteroatoms. The Morgan fingerprint density at radius 1 is 1.35 bits per heavy atom. The molecule has 2 rings (SSSR count). The van der Waals surface area contributed by atoms with Gasteiger partial charge in [0.25, 0.3) is 0 Å². The molecule has 0 aliphatic heterocycles. The van der Waals surface area contributed by atoms with Crippen molar-refractivity contribution in [3.05, 3.63) is 42.0 Å². The lowest BCUT2D eigenvalue weighted by Crippen LogP contribution is -2.27. The van der Waals surface area contributed by atoms with Crippen LogP contribution < -0.4 is 5.73 Å². The maximum atomic E-state index is 14.3. The highest BCUT2D eigenvalue weighted by atomic mass is 19.1. The molecule has 1 aromatic carbocycles. The average molecular weight is 276 g/mol. The van der Waals surface area contributed by atoms with Crippen molar-refractivity contribution >= 4 is 16.9 Å². The van der Waals surface area contributed by atoms with Crippen LogP contribution >= 0.6 is 0 Å². The molecule has 1 atom stereocenters. The van der Waals surface area contributed by atoms with E-state index < -0.39 is 23.4 Å². The smallest absolute Gasteiger partial charge is 0.405 e. The van der Waals surface area contributed by atoms with Gasteiger partial charge in [0.2, 0.25) is 0 Å². The number of halogens is 1. The summed E-state index contributed by atoms with van der Waals surface area (Å²) in [6, 6.07) is 4.84. The molecule has 4 nitrogen and oxygen atoms in total. The van der Waals surface area contributed by atoms with Gasteiger partial charge in [0.1, 0.15) is 11.9 Å². The number of hydrogen-bond acceptors (Lipinski definition) is 3. The van der Waals surface area contributed by atoms with Gasteiger partial charge in [0.05, 0.1) is 0 Å². The van der Waals surface area contributed by atoms with Gasteiger partial charge < -0.3 is 10.5 Å². The zero-order valence-corrected chi connectivity index (χ0v) is 11.7. The third-order valence-corrected chi connectivity index (χ3v) is 3.06. The molecule has 2 N–H and O–H groups in total. The minimum atomic E-state index is -0.917. The number of primary amides is 1. The van der Waals surface area contributed by atoms with Crippen molar-refractivity contribution in [3.63, 3.8) is 0 Å². The van der Waals surface area contributed by atoms with E-state index in [9.17, 15) is 9.18 Å². The van der Waals surface area contributed by atoms with Crippen LogP contribution in [0.5, 0.6) is 0 Å². The van der Waals surface area contributed by atoms with E-state index in [1.807, 2.05) is 20.8 Å². The Bertz CT molecular complexity index is 650. The van der Waals surface area contributed by atoms with Crippen LogP contribution in [0.1, 0.15) is 32.4 Å². The highest BCUT2D eigenvalue weighted by molar-refractivity contribution is 5.82. The summed E-state index contributed by atoms with van der Waals surface area (Å²) in [6.45, 7) is 5.57. The molecule has 1 unspecified atom stereocenters. The summed E-state index contributed by atoms with van der Waals surface area (Å²) in [7, 11) is 0. The number of amides is 1. The standard InChI is InChI=1S/C15H17FN2O2/c1-15(2,3)13(20-14(17)19)11-6-9-4-5-18-8-10(9)7-12(11)16/h4-8,13H,1-3H3,(H2,17,19). The van der Waals surface area contributed by atoms with Crippen molar-refractivity contribution in [2.75, 3.05) is 0 Å².